The number of nitrogens with one attached hydrogen (secondary N) is 2. The van der Waals surface area contributed by atoms with Crippen molar-refractivity contribution in [2.45, 2.75) is 0 Å². The van der Waals surface area contributed by atoms with Crippen molar-refractivity contribution in [3.63, 3.8) is 0 Å². The lowest BCUT2D eigenvalue weighted by atomic mass is 10.3. The molecule has 88 valence electrons. The number of carbonyl (C=O) groups excluding carboxylic acids is 1. The van der Waals surface area contributed by atoms with Crippen LogP contribution in [-0.4, -0.2) is 10.9 Å². The van der Waals surface area contributed by atoms with Crippen LogP contribution in [0.2, 0.25) is 10.2 Å². The highest BCUT2D eigenvalue weighted by atomic mass is 35.5. The van der Waals surface area contributed by atoms with E-state index in [1.54, 1.807) is 24.3 Å². The van der Waals surface area contributed by atoms with E-state index in [4.69, 9.17) is 28.9 Å². The Morgan fingerprint density at radius 2 is 2.06 bits per heavy atom. The van der Waals surface area contributed by atoms with Gasteiger partial charge in [-0.2, -0.15) is 0 Å². The lowest BCUT2D eigenvalue weighted by Gasteiger charge is -2.04. The third-order valence-electron chi connectivity index (χ3n) is 2.11. The normalized spacial score (nSPS) is 10.2. The smallest absolute Gasteiger partial charge is 0.272 e. The van der Waals surface area contributed by atoms with Gasteiger partial charge in [-0.25, -0.2) is 0 Å². The number of rotatable bonds is 2. The van der Waals surface area contributed by atoms with Gasteiger partial charge in [0, 0.05) is 11.4 Å². The van der Waals surface area contributed by atoms with Crippen LogP contribution >= 0.6 is 23.2 Å². The molecule has 0 spiro atoms. The summed E-state index contributed by atoms with van der Waals surface area (Å²) in [6.45, 7) is 0. The number of benzene rings is 1. The van der Waals surface area contributed by atoms with Gasteiger partial charge in [-0.15, -0.1) is 0 Å². The number of halogens is 2. The van der Waals surface area contributed by atoms with Gasteiger partial charge in [-0.3, -0.25) is 4.79 Å². The number of aromatic nitrogens is 1. The van der Waals surface area contributed by atoms with E-state index in [-0.39, 0.29) is 11.1 Å². The van der Waals surface area contributed by atoms with Crippen LogP contribution in [0.1, 0.15) is 10.5 Å². The van der Waals surface area contributed by atoms with Gasteiger partial charge in [0.1, 0.15) is 10.8 Å². The molecule has 6 heteroatoms. The van der Waals surface area contributed by atoms with Crippen molar-refractivity contribution < 1.29 is 4.79 Å². The first-order chi connectivity index (χ1) is 8.06. The Morgan fingerprint density at radius 1 is 1.29 bits per heavy atom. The number of hydrogen-bond donors (Lipinski definition) is 3. The molecule has 2 aromatic rings. The molecule has 0 aliphatic rings. The number of amides is 1. The van der Waals surface area contributed by atoms with Crippen LogP contribution in [0.3, 0.4) is 0 Å². The lowest BCUT2D eigenvalue weighted by molar-refractivity contribution is 0.102. The summed E-state index contributed by atoms with van der Waals surface area (Å²) < 4.78 is 0. The number of hydrogen-bond acceptors (Lipinski definition) is 2. The molecule has 4 nitrogen and oxygen atoms in total. The van der Waals surface area contributed by atoms with Gasteiger partial charge in [-0.05, 0) is 24.3 Å². The summed E-state index contributed by atoms with van der Waals surface area (Å²) >= 11 is 11.5. The molecule has 0 saturated carbocycles. The second kappa shape index (κ2) is 4.69. The molecule has 1 aromatic heterocycles. The van der Waals surface area contributed by atoms with Crippen molar-refractivity contribution in [3.8, 4) is 0 Å². The van der Waals surface area contributed by atoms with Crippen LogP contribution in [0.15, 0.2) is 30.3 Å². The Bertz CT molecular complexity index is 546. The molecule has 1 amide bonds. The molecule has 1 heterocycles. The monoisotopic (exact) mass is 269 g/mol. The standard InChI is InChI=1S/C11H9Cl2N3O/c12-8-5-9(16-10(8)13)11(17)15-7-3-1-2-6(14)4-7/h1-5,16H,14H2,(H,15,17). The van der Waals surface area contributed by atoms with Crippen molar-refractivity contribution in [3.05, 3.63) is 46.2 Å². The van der Waals surface area contributed by atoms with Crippen molar-refractivity contribution in [1.29, 1.82) is 0 Å². The second-order valence-electron chi connectivity index (χ2n) is 3.42. The Balaban J connectivity index is 2.17. The number of carbonyl (C=O) groups is 1. The summed E-state index contributed by atoms with van der Waals surface area (Å²) in [5.41, 5.74) is 7.08. The van der Waals surface area contributed by atoms with Crippen LogP contribution in [0.25, 0.3) is 0 Å². The molecule has 0 radical (unpaired) electrons. The fraction of sp³-hybridized carbons (Fsp3) is 0. The number of nitrogen functional groups attached to an aromatic ring is 1. The molecule has 0 saturated heterocycles. The molecule has 17 heavy (non-hydrogen) atoms. The number of H-pyrrole nitrogens is 1. The SMILES string of the molecule is Nc1cccc(NC(=O)c2cc(Cl)c(Cl)[nH]2)c1. The van der Waals surface area contributed by atoms with Gasteiger partial charge in [0.15, 0.2) is 0 Å². The second-order valence-corrected chi connectivity index (χ2v) is 4.21. The molecule has 0 unspecified atom stereocenters. The third-order valence-corrected chi connectivity index (χ3v) is 2.81. The van der Waals surface area contributed by atoms with Crippen LogP contribution in [0.5, 0.6) is 0 Å². The maximum absolute atomic E-state index is 11.8. The Labute approximate surface area is 108 Å². The van der Waals surface area contributed by atoms with Gasteiger partial charge in [0.25, 0.3) is 5.91 Å². The van der Waals surface area contributed by atoms with Crippen molar-refractivity contribution in [2.24, 2.45) is 0 Å². The Kier molecular flexibility index (Phi) is 3.26. The van der Waals surface area contributed by atoms with Crippen LogP contribution in [-0.2, 0) is 0 Å². The topological polar surface area (TPSA) is 70.9 Å². The molecule has 4 N–H and O–H groups in total. The quantitative estimate of drug-likeness (QED) is 0.733. The third kappa shape index (κ3) is 2.72. The number of nitrogens with two attached hydrogens (primary N) is 1. The van der Waals surface area contributed by atoms with E-state index in [1.165, 1.54) is 6.07 Å². The summed E-state index contributed by atoms with van der Waals surface area (Å²) in [6.07, 6.45) is 0. The summed E-state index contributed by atoms with van der Waals surface area (Å²) in [7, 11) is 0. The minimum absolute atomic E-state index is 0.240. The van der Waals surface area contributed by atoms with E-state index in [9.17, 15) is 4.79 Å². The molecule has 0 fully saturated rings. The van der Waals surface area contributed by atoms with Gasteiger partial charge in [-0.1, -0.05) is 29.3 Å². The maximum Gasteiger partial charge on any atom is 0.272 e. The van der Waals surface area contributed by atoms with Gasteiger partial charge >= 0.3 is 0 Å². The largest absolute Gasteiger partial charge is 0.399 e. The predicted molar refractivity (Wildman–Crippen MR) is 69.6 cm³/mol. The average Bonchev–Trinajstić information content (AvgIpc) is 2.59. The summed E-state index contributed by atoms with van der Waals surface area (Å²) in [5, 5.41) is 3.22. The van der Waals surface area contributed by atoms with E-state index < -0.39 is 0 Å². The van der Waals surface area contributed by atoms with E-state index in [1.807, 2.05) is 0 Å². The zero-order valence-corrected chi connectivity index (χ0v) is 10.1. The minimum atomic E-state index is -0.329. The first-order valence-electron chi connectivity index (χ1n) is 4.77. The van der Waals surface area contributed by atoms with Crippen LogP contribution in [0.4, 0.5) is 11.4 Å². The predicted octanol–water partition coefficient (Wildman–Crippen LogP) is 3.16. The minimum Gasteiger partial charge on any atom is -0.399 e. The first kappa shape index (κ1) is 11.8. The molecule has 0 atom stereocenters. The molecule has 0 bridgehead atoms. The molecular weight excluding hydrogens is 261 g/mol. The van der Waals surface area contributed by atoms with Crippen LogP contribution < -0.4 is 11.1 Å². The van der Waals surface area contributed by atoms with Gasteiger partial charge < -0.3 is 16.0 Å². The maximum atomic E-state index is 11.8. The van der Waals surface area contributed by atoms with Gasteiger partial charge in [0.2, 0.25) is 0 Å². The Hall–Kier alpha value is -1.65. The van der Waals surface area contributed by atoms with Gasteiger partial charge in [0.05, 0.1) is 5.02 Å². The first-order valence-corrected chi connectivity index (χ1v) is 5.53. The fourth-order valence-electron chi connectivity index (χ4n) is 1.34. The lowest BCUT2D eigenvalue weighted by Crippen LogP contribution is -2.12. The summed E-state index contributed by atoms with van der Waals surface area (Å²) in [6, 6.07) is 8.34. The van der Waals surface area contributed by atoms with E-state index in [2.05, 4.69) is 10.3 Å². The zero-order chi connectivity index (χ0) is 12.4. The molecule has 2 rings (SSSR count). The molecule has 0 aliphatic heterocycles. The van der Waals surface area contributed by atoms with Crippen molar-refractivity contribution in [1.82, 2.24) is 4.98 Å². The highest BCUT2D eigenvalue weighted by Crippen LogP contribution is 2.22. The van der Waals surface area contributed by atoms with E-state index >= 15 is 0 Å². The highest BCUT2D eigenvalue weighted by Gasteiger charge is 2.11. The zero-order valence-electron chi connectivity index (χ0n) is 8.63. The fourth-order valence-corrected chi connectivity index (χ4v) is 1.65. The number of aromatic amines is 1. The van der Waals surface area contributed by atoms with Crippen molar-refractivity contribution >= 4 is 40.5 Å². The van der Waals surface area contributed by atoms with E-state index in [0.717, 1.165) is 0 Å². The molecule has 1 aromatic carbocycles. The molecule has 0 aliphatic carbocycles. The Morgan fingerprint density at radius 3 is 2.65 bits per heavy atom. The van der Waals surface area contributed by atoms with Crippen molar-refractivity contribution in [2.75, 3.05) is 11.1 Å². The van der Waals surface area contributed by atoms with E-state index in [0.29, 0.717) is 22.1 Å². The molecular formula is C11H9Cl2N3O. The number of anilines is 2. The summed E-state index contributed by atoms with van der Waals surface area (Å²) in [4.78, 5) is 14.5. The highest BCUT2D eigenvalue weighted by molar-refractivity contribution is 6.41. The summed E-state index contributed by atoms with van der Waals surface area (Å²) in [5.74, 6) is -0.329. The average molecular weight is 270 g/mol. The van der Waals surface area contributed by atoms with Crippen LogP contribution in [0, 0.1) is 0 Å².